The van der Waals surface area contributed by atoms with Crippen LogP contribution in [-0.4, -0.2) is 29.8 Å². The Labute approximate surface area is 171 Å². The highest BCUT2D eigenvalue weighted by molar-refractivity contribution is 8.18. The number of amides is 2. The lowest BCUT2D eigenvalue weighted by Gasteiger charge is -2.14. The molecule has 1 heterocycles. The molecule has 0 saturated carbocycles. The Morgan fingerprint density at radius 1 is 1.25 bits per heavy atom. The van der Waals surface area contributed by atoms with Gasteiger partial charge in [0.25, 0.3) is 11.1 Å². The van der Waals surface area contributed by atoms with Gasteiger partial charge in [-0.2, -0.15) is 0 Å². The van der Waals surface area contributed by atoms with Crippen molar-refractivity contribution in [2.75, 3.05) is 13.7 Å². The number of halogens is 2. The number of thioether (sulfide) groups is 1. The average Bonchev–Trinajstić information content (AvgIpc) is 2.92. The van der Waals surface area contributed by atoms with Crippen LogP contribution in [0.4, 0.5) is 9.18 Å². The van der Waals surface area contributed by atoms with E-state index in [0.29, 0.717) is 29.2 Å². The average molecular weight is 422 g/mol. The normalized spacial score (nSPS) is 15.4. The molecule has 146 valence electrons. The zero-order valence-corrected chi connectivity index (χ0v) is 16.8. The number of hydrogen-bond acceptors (Lipinski definition) is 5. The molecule has 0 aliphatic carbocycles. The van der Waals surface area contributed by atoms with Crippen molar-refractivity contribution >= 4 is 40.6 Å². The number of hydrogen-bond donors (Lipinski definition) is 0. The van der Waals surface area contributed by atoms with Crippen molar-refractivity contribution in [3.8, 4) is 11.5 Å². The standard InChI is InChI=1S/C20H17ClFNO4S/c1-3-27-18-12(5-4-6-16(18)26-2)9-17-19(24)23(20(25)28-17)11-13-7-8-14(22)10-15(13)21/h4-10H,3,11H2,1-2H3/b17-9+. The Morgan fingerprint density at radius 3 is 2.71 bits per heavy atom. The summed E-state index contributed by atoms with van der Waals surface area (Å²) in [6, 6.07) is 9.15. The summed E-state index contributed by atoms with van der Waals surface area (Å²) in [4.78, 5) is 26.5. The third-order valence-electron chi connectivity index (χ3n) is 4.02. The van der Waals surface area contributed by atoms with E-state index in [9.17, 15) is 14.0 Å². The van der Waals surface area contributed by atoms with Gasteiger partial charge in [-0.3, -0.25) is 14.5 Å². The molecule has 0 unspecified atom stereocenters. The van der Waals surface area contributed by atoms with Crippen LogP contribution >= 0.6 is 23.4 Å². The first-order chi connectivity index (χ1) is 13.4. The van der Waals surface area contributed by atoms with E-state index in [-0.39, 0.29) is 16.5 Å². The zero-order chi connectivity index (χ0) is 20.3. The second-order valence-electron chi connectivity index (χ2n) is 5.82. The van der Waals surface area contributed by atoms with Gasteiger partial charge < -0.3 is 9.47 Å². The van der Waals surface area contributed by atoms with E-state index in [4.69, 9.17) is 21.1 Å². The number of rotatable bonds is 6. The van der Waals surface area contributed by atoms with Gasteiger partial charge in [0.2, 0.25) is 0 Å². The van der Waals surface area contributed by atoms with Crippen molar-refractivity contribution in [1.29, 1.82) is 0 Å². The molecule has 1 aliphatic rings. The van der Waals surface area contributed by atoms with Crippen LogP contribution in [0, 0.1) is 5.82 Å². The van der Waals surface area contributed by atoms with Crippen LogP contribution in [0.2, 0.25) is 5.02 Å². The molecular weight excluding hydrogens is 405 g/mol. The van der Waals surface area contributed by atoms with E-state index in [1.165, 1.54) is 19.2 Å². The highest BCUT2D eigenvalue weighted by Crippen LogP contribution is 2.38. The molecule has 0 bridgehead atoms. The van der Waals surface area contributed by atoms with E-state index in [2.05, 4.69) is 0 Å². The van der Waals surface area contributed by atoms with Crippen LogP contribution in [0.5, 0.6) is 11.5 Å². The molecule has 1 saturated heterocycles. The quantitative estimate of drug-likeness (QED) is 0.606. The Balaban J connectivity index is 1.89. The summed E-state index contributed by atoms with van der Waals surface area (Å²) in [6.45, 7) is 2.24. The maximum atomic E-state index is 13.2. The maximum Gasteiger partial charge on any atom is 0.293 e. The van der Waals surface area contributed by atoms with Gasteiger partial charge in [0.1, 0.15) is 5.82 Å². The Morgan fingerprint density at radius 2 is 2.04 bits per heavy atom. The number of imide groups is 1. The first-order valence-corrected chi connectivity index (χ1v) is 9.63. The van der Waals surface area contributed by atoms with Crippen molar-refractivity contribution < 1.29 is 23.5 Å². The molecule has 28 heavy (non-hydrogen) atoms. The lowest BCUT2D eigenvalue weighted by Crippen LogP contribution is -2.27. The summed E-state index contributed by atoms with van der Waals surface area (Å²) in [5.74, 6) is 0.110. The summed E-state index contributed by atoms with van der Waals surface area (Å²) in [7, 11) is 1.53. The first-order valence-electron chi connectivity index (χ1n) is 8.43. The molecular formula is C20H17ClFNO4S. The molecule has 0 atom stereocenters. The van der Waals surface area contributed by atoms with Crippen LogP contribution in [0.3, 0.4) is 0 Å². The lowest BCUT2D eigenvalue weighted by molar-refractivity contribution is -0.123. The largest absolute Gasteiger partial charge is 0.493 e. The van der Waals surface area contributed by atoms with E-state index in [0.717, 1.165) is 22.7 Å². The molecule has 0 N–H and O–H groups in total. The minimum absolute atomic E-state index is 0.0302. The Hall–Kier alpha value is -2.51. The number of nitrogens with zero attached hydrogens (tertiary/aromatic N) is 1. The van der Waals surface area contributed by atoms with Gasteiger partial charge in [-0.25, -0.2) is 4.39 Å². The van der Waals surface area contributed by atoms with Gasteiger partial charge in [-0.1, -0.05) is 29.8 Å². The predicted molar refractivity (Wildman–Crippen MR) is 107 cm³/mol. The fourth-order valence-corrected chi connectivity index (χ4v) is 3.76. The van der Waals surface area contributed by atoms with Gasteiger partial charge in [0.15, 0.2) is 11.5 Å². The molecule has 8 heteroatoms. The highest BCUT2D eigenvalue weighted by Gasteiger charge is 2.35. The van der Waals surface area contributed by atoms with E-state index >= 15 is 0 Å². The molecule has 0 radical (unpaired) electrons. The third-order valence-corrected chi connectivity index (χ3v) is 5.28. The number of carbonyl (C=O) groups is 2. The molecule has 2 aromatic rings. The predicted octanol–water partition coefficient (Wildman–Crippen LogP) is 5.12. The maximum absolute atomic E-state index is 13.2. The fourth-order valence-electron chi connectivity index (χ4n) is 2.70. The second kappa shape index (κ2) is 8.67. The van der Waals surface area contributed by atoms with Crippen molar-refractivity contribution in [2.24, 2.45) is 0 Å². The van der Waals surface area contributed by atoms with Crippen LogP contribution in [-0.2, 0) is 11.3 Å². The summed E-state index contributed by atoms with van der Waals surface area (Å²) >= 11 is 6.85. The van der Waals surface area contributed by atoms with Gasteiger partial charge in [-0.05, 0) is 48.5 Å². The molecule has 1 aliphatic heterocycles. The SMILES string of the molecule is CCOc1c(/C=C2/SC(=O)N(Cc3ccc(F)cc3Cl)C2=O)cccc1OC. The van der Waals surface area contributed by atoms with Crippen LogP contribution < -0.4 is 9.47 Å². The van der Waals surface area contributed by atoms with Gasteiger partial charge in [0, 0.05) is 10.6 Å². The number of methoxy groups -OCH3 is 1. The minimum atomic E-state index is -0.482. The highest BCUT2D eigenvalue weighted by atomic mass is 35.5. The van der Waals surface area contributed by atoms with Gasteiger partial charge in [0.05, 0.1) is 25.2 Å². The molecule has 5 nitrogen and oxygen atoms in total. The Bertz CT molecular complexity index is 963. The van der Waals surface area contributed by atoms with Crippen LogP contribution in [0.15, 0.2) is 41.3 Å². The van der Waals surface area contributed by atoms with Crippen molar-refractivity contribution in [3.05, 3.63) is 63.3 Å². The smallest absolute Gasteiger partial charge is 0.293 e. The van der Waals surface area contributed by atoms with Crippen LogP contribution in [0.1, 0.15) is 18.1 Å². The third kappa shape index (κ3) is 4.15. The summed E-state index contributed by atoms with van der Waals surface area (Å²) in [5.41, 5.74) is 1.12. The summed E-state index contributed by atoms with van der Waals surface area (Å²) < 4.78 is 24.2. The van der Waals surface area contributed by atoms with Crippen molar-refractivity contribution in [3.63, 3.8) is 0 Å². The summed E-state index contributed by atoms with van der Waals surface area (Å²) in [5, 5.41) is -0.257. The van der Waals surface area contributed by atoms with Gasteiger partial charge >= 0.3 is 0 Å². The van der Waals surface area contributed by atoms with Crippen molar-refractivity contribution in [1.82, 2.24) is 4.90 Å². The Kier molecular flexibility index (Phi) is 6.26. The fraction of sp³-hybridized carbons (Fsp3) is 0.200. The molecule has 2 aromatic carbocycles. The monoisotopic (exact) mass is 421 g/mol. The molecule has 1 fully saturated rings. The second-order valence-corrected chi connectivity index (χ2v) is 7.22. The van der Waals surface area contributed by atoms with Crippen molar-refractivity contribution in [2.45, 2.75) is 13.5 Å². The van der Waals surface area contributed by atoms with E-state index in [1.54, 1.807) is 24.3 Å². The molecule has 2 amide bonds. The number of benzene rings is 2. The molecule has 0 spiro atoms. The minimum Gasteiger partial charge on any atom is -0.493 e. The lowest BCUT2D eigenvalue weighted by atomic mass is 10.1. The first kappa shape index (κ1) is 20.2. The number of para-hydroxylation sites is 1. The van der Waals surface area contributed by atoms with Gasteiger partial charge in [-0.15, -0.1) is 0 Å². The topological polar surface area (TPSA) is 55.8 Å². The number of carbonyl (C=O) groups excluding carboxylic acids is 2. The molecule has 0 aromatic heterocycles. The number of ether oxygens (including phenoxy) is 2. The van der Waals surface area contributed by atoms with E-state index < -0.39 is 17.0 Å². The molecule has 3 rings (SSSR count). The van der Waals surface area contributed by atoms with Crippen LogP contribution in [0.25, 0.3) is 6.08 Å². The summed E-state index contributed by atoms with van der Waals surface area (Å²) in [6.07, 6.45) is 1.60. The zero-order valence-electron chi connectivity index (χ0n) is 15.2. The van der Waals surface area contributed by atoms with E-state index in [1.807, 2.05) is 6.92 Å².